The lowest BCUT2D eigenvalue weighted by Gasteiger charge is -2.35. The molecule has 3 N–H and O–H groups in total. The van der Waals surface area contributed by atoms with Crippen LogP contribution in [0.3, 0.4) is 0 Å². The molecule has 0 bridgehead atoms. The van der Waals surface area contributed by atoms with E-state index in [2.05, 4.69) is 33.2 Å². The Kier molecular flexibility index (Phi) is 6.53. The van der Waals surface area contributed by atoms with Gasteiger partial charge < -0.3 is 10.1 Å². The van der Waals surface area contributed by atoms with E-state index in [0.29, 0.717) is 5.02 Å². The molecule has 6 nitrogen and oxygen atoms in total. The Morgan fingerprint density at radius 1 is 1.17 bits per heavy atom. The molecule has 0 saturated carbocycles. The van der Waals surface area contributed by atoms with Crippen molar-refractivity contribution in [3.8, 4) is 5.75 Å². The molecule has 2 aromatic carbocycles. The first-order chi connectivity index (χ1) is 14.5. The van der Waals surface area contributed by atoms with Crippen LogP contribution in [-0.4, -0.2) is 43.2 Å². The van der Waals surface area contributed by atoms with E-state index >= 15 is 0 Å². The van der Waals surface area contributed by atoms with E-state index < -0.39 is 11.7 Å². The molecule has 2 aliphatic rings. The normalized spacial score (nSPS) is 22.8. The average Bonchev–Trinajstić information content (AvgIpc) is 3.26. The summed E-state index contributed by atoms with van der Waals surface area (Å²) in [7, 11) is 1.66. The Morgan fingerprint density at radius 3 is 2.60 bits per heavy atom. The molecule has 2 heterocycles. The molecule has 2 saturated heterocycles. The quantitative estimate of drug-likeness (QED) is 0.677. The number of rotatable bonds is 5. The van der Waals surface area contributed by atoms with Crippen molar-refractivity contribution in [2.45, 2.75) is 37.5 Å². The van der Waals surface area contributed by atoms with E-state index in [0.717, 1.165) is 38.1 Å². The predicted molar refractivity (Wildman–Crippen MR) is 114 cm³/mol. The standard InChI is InChI=1S/C22H26ClFN4O2/c1-30-17-5-2-14(3-6-17)20-13-21(27-26-20)28-10-8-16(9-11-28)25-22(29)18-12-15(23)4-7-19(18)24/h2-7,12,16,20-21,26-27H,8-11,13H2,1H3,(H,25,29). The van der Waals surface area contributed by atoms with Gasteiger partial charge in [0, 0.05) is 30.2 Å². The van der Waals surface area contributed by atoms with Crippen molar-refractivity contribution in [3.05, 3.63) is 64.4 Å². The van der Waals surface area contributed by atoms with E-state index in [1.165, 1.54) is 23.8 Å². The summed E-state index contributed by atoms with van der Waals surface area (Å²) in [5, 5.41) is 3.30. The number of carbonyl (C=O) groups is 1. The lowest BCUT2D eigenvalue weighted by Crippen LogP contribution is -2.51. The molecule has 0 aromatic heterocycles. The second-order valence-corrected chi connectivity index (χ2v) is 8.21. The summed E-state index contributed by atoms with van der Waals surface area (Å²) >= 11 is 5.89. The Morgan fingerprint density at radius 2 is 1.90 bits per heavy atom. The van der Waals surface area contributed by atoms with Gasteiger partial charge in [-0.3, -0.25) is 9.69 Å². The third-order valence-electron chi connectivity index (χ3n) is 5.88. The van der Waals surface area contributed by atoms with Crippen LogP contribution >= 0.6 is 11.6 Å². The lowest BCUT2D eigenvalue weighted by atomic mass is 10.0. The molecule has 2 aliphatic heterocycles. The molecule has 4 rings (SSSR count). The van der Waals surface area contributed by atoms with Crippen molar-refractivity contribution in [2.75, 3.05) is 20.2 Å². The summed E-state index contributed by atoms with van der Waals surface area (Å²) in [4.78, 5) is 14.8. The van der Waals surface area contributed by atoms with Crippen molar-refractivity contribution in [3.63, 3.8) is 0 Å². The number of hydrogen-bond donors (Lipinski definition) is 3. The zero-order valence-electron chi connectivity index (χ0n) is 16.8. The zero-order chi connectivity index (χ0) is 21.1. The minimum Gasteiger partial charge on any atom is -0.497 e. The molecule has 1 amide bonds. The van der Waals surface area contributed by atoms with E-state index in [-0.39, 0.29) is 23.8 Å². The smallest absolute Gasteiger partial charge is 0.254 e. The SMILES string of the molecule is COc1ccc(C2CC(N3CCC(NC(=O)c4cc(Cl)ccc4F)CC3)NN2)cc1. The fraction of sp³-hybridized carbons (Fsp3) is 0.409. The molecule has 160 valence electrons. The Hall–Kier alpha value is -2.19. The lowest BCUT2D eigenvalue weighted by molar-refractivity contribution is 0.0876. The maximum absolute atomic E-state index is 13.9. The van der Waals surface area contributed by atoms with Crippen LogP contribution in [-0.2, 0) is 0 Å². The number of likely N-dealkylation sites (tertiary alicyclic amines) is 1. The van der Waals surface area contributed by atoms with Gasteiger partial charge in [0.05, 0.1) is 18.8 Å². The van der Waals surface area contributed by atoms with Crippen LogP contribution in [0.2, 0.25) is 5.02 Å². The van der Waals surface area contributed by atoms with Crippen molar-refractivity contribution in [2.24, 2.45) is 0 Å². The van der Waals surface area contributed by atoms with Crippen molar-refractivity contribution in [1.29, 1.82) is 0 Å². The van der Waals surface area contributed by atoms with Gasteiger partial charge in [0.25, 0.3) is 5.91 Å². The number of piperidine rings is 1. The number of methoxy groups -OCH3 is 1. The van der Waals surface area contributed by atoms with Gasteiger partial charge in [0.2, 0.25) is 0 Å². The number of hydrazine groups is 1. The van der Waals surface area contributed by atoms with Crippen molar-refractivity contribution >= 4 is 17.5 Å². The number of carbonyl (C=O) groups excluding carboxylic acids is 1. The van der Waals surface area contributed by atoms with Gasteiger partial charge in [-0.2, -0.15) is 0 Å². The van der Waals surface area contributed by atoms with Crippen LogP contribution in [0.1, 0.15) is 41.2 Å². The molecule has 30 heavy (non-hydrogen) atoms. The molecule has 2 atom stereocenters. The van der Waals surface area contributed by atoms with Crippen molar-refractivity contribution in [1.82, 2.24) is 21.1 Å². The largest absolute Gasteiger partial charge is 0.497 e. The zero-order valence-corrected chi connectivity index (χ0v) is 17.6. The van der Waals surface area contributed by atoms with Gasteiger partial charge in [-0.05, 0) is 55.2 Å². The van der Waals surface area contributed by atoms with Crippen LogP contribution < -0.4 is 20.9 Å². The minimum atomic E-state index is -0.555. The third-order valence-corrected chi connectivity index (χ3v) is 6.11. The average molecular weight is 433 g/mol. The maximum Gasteiger partial charge on any atom is 0.254 e. The molecule has 2 unspecified atom stereocenters. The van der Waals surface area contributed by atoms with Gasteiger partial charge in [-0.1, -0.05) is 23.7 Å². The molecule has 2 fully saturated rings. The number of benzene rings is 2. The highest BCUT2D eigenvalue weighted by molar-refractivity contribution is 6.31. The predicted octanol–water partition coefficient (Wildman–Crippen LogP) is 3.25. The molecule has 8 heteroatoms. The Labute approximate surface area is 180 Å². The summed E-state index contributed by atoms with van der Waals surface area (Å²) in [5.74, 6) is -0.114. The Balaban J connectivity index is 1.27. The first-order valence-electron chi connectivity index (χ1n) is 10.2. The van der Waals surface area contributed by atoms with Gasteiger partial charge in [0.1, 0.15) is 11.6 Å². The monoisotopic (exact) mass is 432 g/mol. The number of ether oxygens (including phenoxy) is 1. The van der Waals surface area contributed by atoms with Crippen LogP contribution in [0.4, 0.5) is 4.39 Å². The molecule has 2 aromatic rings. The first kappa shape index (κ1) is 21.1. The fourth-order valence-corrected chi connectivity index (χ4v) is 4.30. The van der Waals surface area contributed by atoms with Gasteiger partial charge >= 0.3 is 0 Å². The van der Waals surface area contributed by atoms with E-state index in [1.807, 2.05) is 12.1 Å². The maximum atomic E-state index is 13.9. The summed E-state index contributed by atoms with van der Waals surface area (Å²) in [6.07, 6.45) is 2.83. The number of nitrogens with zero attached hydrogens (tertiary/aromatic N) is 1. The molecule has 0 spiro atoms. The molecular weight excluding hydrogens is 407 g/mol. The second kappa shape index (κ2) is 9.31. The first-order valence-corrected chi connectivity index (χ1v) is 10.6. The van der Waals surface area contributed by atoms with Crippen LogP contribution in [0.15, 0.2) is 42.5 Å². The highest BCUT2D eigenvalue weighted by atomic mass is 35.5. The molecule has 0 aliphatic carbocycles. The fourth-order valence-electron chi connectivity index (χ4n) is 4.12. The van der Waals surface area contributed by atoms with Gasteiger partial charge in [0.15, 0.2) is 0 Å². The number of hydrogen-bond acceptors (Lipinski definition) is 5. The third kappa shape index (κ3) is 4.75. The summed E-state index contributed by atoms with van der Waals surface area (Å²) in [5.41, 5.74) is 7.98. The highest BCUT2D eigenvalue weighted by Gasteiger charge is 2.32. The van der Waals surface area contributed by atoms with Crippen molar-refractivity contribution < 1.29 is 13.9 Å². The number of halogens is 2. The number of nitrogens with one attached hydrogen (secondary N) is 3. The molecular formula is C22H26ClFN4O2. The van der Waals surface area contributed by atoms with E-state index in [4.69, 9.17) is 16.3 Å². The highest BCUT2D eigenvalue weighted by Crippen LogP contribution is 2.27. The van der Waals surface area contributed by atoms with E-state index in [9.17, 15) is 9.18 Å². The van der Waals surface area contributed by atoms with Crippen LogP contribution in [0, 0.1) is 5.82 Å². The summed E-state index contributed by atoms with van der Waals surface area (Å²) < 4.78 is 19.1. The van der Waals surface area contributed by atoms with Crippen LogP contribution in [0.5, 0.6) is 5.75 Å². The number of amides is 1. The topological polar surface area (TPSA) is 65.6 Å². The van der Waals surface area contributed by atoms with Gasteiger partial charge in [-0.25, -0.2) is 15.2 Å². The second-order valence-electron chi connectivity index (χ2n) is 7.77. The van der Waals surface area contributed by atoms with Gasteiger partial charge in [-0.15, -0.1) is 0 Å². The van der Waals surface area contributed by atoms with E-state index in [1.54, 1.807) is 7.11 Å². The summed E-state index contributed by atoms with van der Waals surface area (Å²) in [6, 6.07) is 12.4. The summed E-state index contributed by atoms with van der Waals surface area (Å²) in [6.45, 7) is 1.72. The molecule has 0 radical (unpaired) electrons. The Bertz CT molecular complexity index is 887. The van der Waals surface area contributed by atoms with Crippen LogP contribution in [0.25, 0.3) is 0 Å². The minimum absolute atomic E-state index is 0.00563.